The van der Waals surface area contributed by atoms with Crippen molar-refractivity contribution in [3.05, 3.63) is 11.9 Å². The highest BCUT2D eigenvalue weighted by atomic mass is 16.2. The van der Waals surface area contributed by atoms with Gasteiger partial charge in [0.25, 0.3) is 0 Å². The Bertz CT molecular complexity index is 346. The normalized spacial score (nSPS) is 10.3. The molecule has 0 aliphatic heterocycles. The minimum Gasteiger partial charge on any atom is -0.354 e. The molecular weight excluding hydrogens is 196 g/mol. The largest absolute Gasteiger partial charge is 0.354 e. The van der Waals surface area contributed by atoms with Gasteiger partial charge in [0.1, 0.15) is 12.2 Å². The number of hydrogen-bond donors (Lipinski definition) is 1. The number of carbonyl (C=O) groups excluding carboxylic acids is 2. The molecule has 1 heterocycles. The molecule has 1 rings (SSSR count). The Morgan fingerprint density at radius 2 is 2.40 bits per heavy atom. The third-order valence-electron chi connectivity index (χ3n) is 1.69. The highest BCUT2D eigenvalue weighted by Crippen LogP contribution is 1.90. The second-order valence-electron chi connectivity index (χ2n) is 3.66. The van der Waals surface area contributed by atoms with Gasteiger partial charge in [0.2, 0.25) is 5.91 Å². The quantitative estimate of drug-likeness (QED) is 0.686. The van der Waals surface area contributed by atoms with Crippen molar-refractivity contribution >= 4 is 12.2 Å². The molecule has 0 fully saturated rings. The van der Waals surface area contributed by atoms with Gasteiger partial charge in [-0.05, 0) is 5.92 Å². The first-order valence-electron chi connectivity index (χ1n) is 4.74. The summed E-state index contributed by atoms with van der Waals surface area (Å²) in [7, 11) is 0. The molecule has 1 N–H and O–H groups in total. The van der Waals surface area contributed by atoms with Gasteiger partial charge in [-0.25, -0.2) is 4.68 Å². The highest BCUT2D eigenvalue weighted by Gasteiger charge is 2.05. The van der Waals surface area contributed by atoms with Crippen LogP contribution in [0.4, 0.5) is 0 Å². The van der Waals surface area contributed by atoms with Crippen molar-refractivity contribution in [3.63, 3.8) is 0 Å². The minimum atomic E-state index is -0.133. The summed E-state index contributed by atoms with van der Waals surface area (Å²) >= 11 is 0. The van der Waals surface area contributed by atoms with Gasteiger partial charge < -0.3 is 5.32 Å². The van der Waals surface area contributed by atoms with E-state index in [1.54, 1.807) is 0 Å². The Labute approximate surface area is 87.7 Å². The molecule has 6 heteroatoms. The zero-order chi connectivity index (χ0) is 11.3. The molecule has 0 aliphatic rings. The van der Waals surface area contributed by atoms with Gasteiger partial charge in [-0.15, -0.1) is 5.10 Å². The van der Waals surface area contributed by atoms with Crippen molar-refractivity contribution in [3.8, 4) is 0 Å². The Balaban J connectivity index is 2.40. The fourth-order valence-electron chi connectivity index (χ4n) is 0.966. The van der Waals surface area contributed by atoms with Crippen LogP contribution in [0.25, 0.3) is 0 Å². The summed E-state index contributed by atoms with van der Waals surface area (Å²) in [4.78, 5) is 21.6. The lowest BCUT2D eigenvalue weighted by Crippen LogP contribution is -2.30. The van der Waals surface area contributed by atoms with E-state index in [4.69, 9.17) is 0 Å². The topological polar surface area (TPSA) is 76.9 Å². The molecule has 1 aromatic heterocycles. The first-order chi connectivity index (χ1) is 7.11. The Morgan fingerprint density at radius 1 is 1.67 bits per heavy atom. The third kappa shape index (κ3) is 3.88. The molecule has 15 heavy (non-hydrogen) atoms. The molecule has 0 aromatic carbocycles. The second-order valence-corrected chi connectivity index (χ2v) is 3.66. The first-order valence-corrected chi connectivity index (χ1v) is 4.74. The van der Waals surface area contributed by atoms with Crippen molar-refractivity contribution in [2.75, 3.05) is 6.54 Å². The number of nitrogens with zero attached hydrogens (tertiary/aromatic N) is 3. The summed E-state index contributed by atoms with van der Waals surface area (Å²) in [6.45, 7) is 4.75. The summed E-state index contributed by atoms with van der Waals surface area (Å²) in [5.74, 6) is 0.279. The van der Waals surface area contributed by atoms with E-state index in [1.165, 1.54) is 10.9 Å². The predicted molar refractivity (Wildman–Crippen MR) is 53.3 cm³/mol. The van der Waals surface area contributed by atoms with Crippen LogP contribution in [0.5, 0.6) is 0 Å². The van der Waals surface area contributed by atoms with Crippen LogP contribution in [-0.4, -0.2) is 33.7 Å². The summed E-state index contributed by atoms with van der Waals surface area (Å²) in [5.41, 5.74) is 0.228. The van der Waals surface area contributed by atoms with Gasteiger partial charge in [0.05, 0.1) is 6.20 Å². The number of amides is 1. The van der Waals surface area contributed by atoms with Gasteiger partial charge >= 0.3 is 0 Å². The van der Waals surface area contributed by atoms with Crippen LogP contribution < -0.4 is 5.32 Å². The average Bonchev–Trinajstić information content (AvgIpc) is 2.62. The molecule has 0 bridgehead atoms. The molecule has 0 atom stereocenters. The predicted octanol–water partition coefficient (Wildman–Crippen LogP) is -0.137. The molecule has 0 saturated heterocycles. The summed E-state index contributed by atoms with van der Waals surface area (Å²) in [6, 6.07) is 0. The van der Waals surface area contributed by atoms with Crippen molar-refractivity contribution in [1.29, 1.82) is 0 Å². The van der Waals surface area contributed by atoms with Gasteiger partial charge in [-0.1, -0.05) is 19.1 Å². The van der Waals surface area contributed by atoms with E-state index in [1.807, 2.05) is 13.8 Å². The lowest BCUT2D eigenvalue weighted by atomic mass is 10.2. The highest BCUT2D eigenvalue weighted by molar-refractivity contribution is 5.76. The van der Waals surface area contributed by atoms with Crippen molar-refractivity contribution in [2.45, 2.75) is 20.4 Å². The average molecular weight is 210 g/mol. The Hall–Kier alpha value is -1.72. The molecule has 0 radical (unpaired) electrons. The van der Waals surface area contributed by atoms with Crippen LogP contribution >= 0.6 is 0 Å². The summed E-state index contributed by atoms with van der Waals surface area (Å²) < 4.78 is 1.33. The number of aromatic nitrogens is 3. The maximum absolute atomic E-state index is 11.3. The lowest BCUT2D eigenvalue weighted by Gasteiger charge is -2.06. The molecule has 0 saturated carbocycles. The molecule has 82 valence electrons. The molecule has 0 spiro atoms. The van der Waals surface area contributed by atoms with Gasteiger partial charge in [0, 0.05) is 6.54 Å². The Morgan fingerprint density at radius 3 is 2.93 bits per heavy atom. The zero-order valence-corrected chi connectivity index (χ0v) is 8.80. The third-order valence-corrected chi connectivity index (χ3v) is 1.69. The van der Waals surface area contributed by atoms with E-state index in [9.17, 15) is 9.59 Å². The van der Waals surface area contributed by atoms with Crippen LogP contribution in [0.2, 0.25) is 0 Å². The first kappa shape index (κ1) is 11.4. The Kier molecular flexibility index (Phi) is 3.96. The number of carbonyl (C=O) groups is 2. The van der Waals surface area contributed by atoms with Crippen LogP contribution in [0.15, 0.2) is 6.20 Å². The summed E-state index contributed by atoms with van der Waals surface area (Å²) in [6.07, 6.45) is 2.03. The fourth-order valence-corrected chi connectivity index (χ4v) is 0.966. The molecule has 1 amide bonds. The molecular formula is C9H14N4O2. The van der Waals surface area contributed by atoms with Crippen LogP contribution in [-0.2, 0) is 11.3 Å². The maximum atomic E-state index is 11.3. The zero-order valence-electron chi connectivity index (χ0n) is 8.80. The fraction of sp³-hybridized carbons (Fsp3) is 0.556. The molecule has 0 aliphatic carbocycles. The number of hydrogen-bond acceptors (Lipinski definition) is 4. The molecule has 0 unspecified atom stereocenters. The number of rotatable bonds is 5. The van der Waals surface area contributed by atoms with Gasteiger partial charge in [0.15, 0.2) is 6.29 Å². The molecule has 6 nitrogen and oxygen atoms in total. The van der Waals surface area contributed by atoms with Crippen molar-refractivity contribution in [1.82, 2.24) is 20.3 Å². The van der Waals surface area contributed by atoms with E-state index in [0.717, 1.165) is 0 Å². The minimum absolute atomic E-state index is 0.0908. The SMILES string of the molecule is CC(C)CNC(=O)Cn1cc(C=O)nn1. The van der Waals surface area contributed by atoms with Crippen LogP contribution in [0.3, 0.4) is 0 Å². The van der Waals surface area contributed by atoms with E-state index >= 15 is 0 Å². The van der Waals surface area contributed by atoms with E-state index in [0.29, 0.717) is 18.7 Å². The summed E-state index contributed by atoms with van der Waals surface area (Å²) in [5, 5.41) is 9.92. The van der Waals surface area contributed by atoms with Gasteiger partial charge in [-0.2, -0.15) is 0 Å². The monoisotopic (exact) mass is 210 g/mol. The number of nitrogens with one attached hydrogen (secondary N) is 1. The van der Waals surface area contributed by atoms with Crippen molar-refractivity contribution in [2.24, 2.45) is 5.92 Å². The van der Waals surface area contributed by atoms with Crippen LogP contribution in [0, 0.1) is 5.92 Å². The van der Waals surface area contributed by atoms with E-state index in [2.05, 4.69) is 15.6 Å². The number of aldehydes is 1. The van der Waals surface area contributed by atoms with Gasteiger partial charge in [-0.3, -0.25) is 9.59 Å². The van der Waals surface area contributed by atoms with Crippen molar-refractivity contribution < 1.29 is 9.59 Å². The van der Waals surface area contributed by atoms with E-state index in [-0.39, 0.29) is 18.1 Å². The smallest absolute Gasteiger partial charge is 0.241 e. The standard InChI is InChI=1S/C9H14N4O2/c1-7(2)3-10-9(15)5-13-4-8(6-14)11-12-13/h4,6-7H,3,5H2,1-2H3,(H,10,15). The van der Waals surface area contributed by atoms with E-state index < -0.39 is 0 Å². The lowest BCUT2D eigenvalue weighted by molar-refractivity contribution is -0.122. The second kappa shape index (κ2) is 5.23. The molecule has 1 aromatic rings. The maximum Gasteiger partial charge on any atom is 0.241 e. The van der Waals surface area contributed by atoms with Crippen LogP contribution in [0.1, 0.15) is 24.3 Å².